The Morgan fingerprint density at radius 1 is 1.30 bits per heavy atom. The lowest BCUT2D eigenvalue weighted by Crippen LogP contribution is -2.32. The topological polar surface area (TPSA) is 97.1 Å². The van der Waals surface area contributed by atoms with E-state index in [4.69, 9.17) is 0 Å². The number of amides is 1. The monoisotopic (exact) mass is 445 g/mol. The van der Waals surface area contributed by atoms with Crippen LogP contribution in [0.5, 0.6) is 5.75 Å². The molecule has 0 atom stereocenters. The Balaban J connectivity index is 1.54. The van der Waals surface area contributed by atoms with Crippen molar-refractivity contribution < 1.29 is 14.5 Å². The molecule has 0 aliphatic rings. The number of hydrazone groups is 1. The van der Waals surface area contributed by atoms with Crippen molar-refractivity contribution in [2.24, 2.45) is 12.1 Å². The van der Waals surface area contributed by atoms with Gasteiger partial charge in [0.15, 0.2) is 0 Å². The summed E-state index contributed by atoms with van der Waals surface area (Å²) < 4.78 is 2.90. The van der Waals surface area contributed by atoms with Crippen molar-refractivity contribution in [3.8, 4) is 17.1 Å². The van der Waals surface area contributed by atoms with Gasteiger partial charge >= 0.3 is 5.16 Å². The average Bonchev–Trinajstić information content (AvgIpc) is 3.03. The summed E-state index contributed by atoms with van der Waals surface area (Å²) >= 11 is 4.72. The zero-order valence-corrected chi connectivity index (χ0v) is 16.8. The van der Waals surface area contributed by atoms with Gasteiger partial charge in [-0.05, 0) is 41.6 Å². The molecule has 138 valence electrons. The summed E-state index contributed by atoms with van der Waals surface area (Å²) in [6.45, 7) is 0. The number of carbonyl (C=O) groups is 1. The van der Waals surface area contributed by atoms with Gasteiger partial charge in [-0.25, -0.2) is 9.99 Å². The van der Waals surface area contributed by atoms with Gasteiger partial charge in [-0.3, -0.25) is 4.79 Å². The largest absolute Gasteiger partial charge is 0.872 e. The number of nitrogens with zero attached hydrogens (tertiary/aromatic N) is 3. The first-order valence-corrected chi connectivity index (χ1v) is 9.73. The smallest absolute Gasteiger partial charge is 0.337 e. The minimum Gasteiger partial charge on any atom is -0.872 e. The van der Waals surface area contributed by atoms with E-state index >= 15 is 0 Å². The van der Waals surface area contributed by atoms with Crippen LogP contribution < -0.4 is 15.1 Å². The first-order valence-electron chi connectivity index (χ1n) is 7.95. The lowest BCUT2D eigenvalue weighted by atomic mass is 10.2. The number of aromatic amines is 1. The highest BCUT2D eigenvalue weighted by molar-refractivity contribution is 9.10. The van der Waals surface area contributed by atoms with E-state index < -0.39 is 0 Å². The second-order valence-electron chi connectivity index (χ2n) is 5.57. The van der Waals surface area contributed by atoms with E-state index in [9.17, 15) is 9.90 Å². The minimum atomic E-state index is -0.245. The molecule has 9 heteroatoms. The average molecular weight is 446 g/mol. The van der Waals surface area contributed by atoms with Crippen molar-refractivity contribution in [3.63, 3.8) is 0 Å². The Bertz CT molecular complexity index is 955. The van der Waals surface area contributed by atoms with E-state index in [2.05, 4.69) is 36.7 Å². The van der Waals surface area contributed by atoms with Crippen LogP contribution in [0.2, 0.25) is 0 Å². The maximum Gasteiger partial charge on any atom is 0.337 e. The van der Waals surface area contributed by atoms with Crippen molar-refractivity contribution in [1.29, 1.82) is 0 Å². The predicted molar refractivity (Wildman–Crippen MR) is 105 cm³/mol. The summed E-state index contributed by atoms with van der Waals surface area (Å²) in [6.07, 6.45) is 1.49. The van der Waals surface area contributed by atoms with Crippen LogP contribution in [0, 0.1) is 0 Å². The molecule has 7 nitrogen and oxygen atoms in total. The van der Waals surface area contributed by atoms with Gasteiger partial charge in [-0.15, -0.1) is 10.8 Å². The summed E-state index contributed by atoms with van der Waals surface area (Å²) in [4.78, 5) is 11.9. The summed E-state index contributed by atoms with van der Waals surface area (Å²) in [5.41, 5.74) is 4.19. The van der Waals surface area contributed by atoms with Gasteiger partial charge in [0.05, 0.1) is 29.7 Å². The Hall–Kier alpha value is -2.65. The van der Waals surface area contributed by atoms with E-state index in [0.717, 1.165) is 21.4 Å². The summed E-state index contributed by atoms with van der Waals surface area (Å²) in [7, 11) is 1.89. The molecule has 0 bridgehead atoms. The molecule has 27 heavy (non-hydrogen) atoms. The van der Waals surface area contributed by atoms with Crippen LogP contribution in [-0.4, -0.2) is 28.1 Å². The van der Waals surface area contributed by atoms with Crippen molar-refractivity contribution in [2.45, 2.75) is 5.16 Å². The van der Waals surface area contributed by atoms with E-state index in [0.29, 0.717) is 5.16 Å². The maximum absolute atomic E-state index is 11.9. The molecule has 0 unspecified atom stereocenters. The summed E-state index contributed by atoms with van der Waals surface area (Å²) in [5, 5.41) is 22.9. The predicted octanol–water partition coefficient (Wildman–Crippen LogP) is 1.98. The number of rotatable bonds is 6. The highest BCUT2D eigenvalue weighted by Crippen LogP contribution is 2.19. The molecule has 0 aliphatic heterocycles. The van der Waals surface area contributed by atoms with Crippen LogP contribution in [0.3, 0.4) is 0 Å². The molecule has 3 rings (SSSR count). The molecule has 0 saturated carbocycles. The number of thioether (sulfide) groups is 1. The maximum atomic E-state index is 11.9. The molecule has 1 heterocycles. The van der Waals surface area contributed by atoms with E-state index in [-0.39, 0.29) is 17.4 Å². The minimum absolute atomic E-state index is 0.0676. The van der Waals surface area contributed by atoms with Gasteiger partial charge in [0.2, 0.25) is 0 Å². The molecular weight excluding hydrogens is 430 g/mol. The molecule has 2 N–H and O–H groups in total. The normalized spacial score (nSPS) is 11.0. The van der Waals surface area contributed by atoms with Crippen LogP contribution in [0.25, 0.3) is 11.4 Å². The molecular formula is C18H16BrN5O2S. The van der Waals surface area contributed by atoms with E-state index in [1.807, 2.05) is 35.9 Å². The number of aromatic nitrogens is 3. The Kier molecular flexibility index (Phi) is 6.25. The summed E-state index contributed by atoms with van der Waals surface area (Å²) in [6, 6.07) is 14.0. The molecule has 0 fully saturated rings. The number of nitrogens with one attached hydrogen (secondary N) is 2. The molecule has 0 radical (unpaired) electrons. The zero-order valence-electron chi connectivity index (χ0n) is 14.3. The lowest BCUT2D eigenvalue weighted by Gasteiger charge is -2.03. The van der Waals surface area contributed by atoms with Crippen LogP contribution in [0.1, 0.15) is 5.56 Å². The summed E-state index contributed by atoms with van der Waals surface area (Å²) in [5.74, 6) is 0.715. The van der Waals surface area contributed by atoms with Crippen LogP contribution in [-0.2, 0) is 11.8 Å². The Morgan fingerprint density at radius 3 is 2.70 bits per heavy atom. The fourth-order valence-electron chi connectivity index (χ4n) is 2.24. The van der Waals surface area contributed by atoms with Gasteiger partial charge in [-0.2, -0.15) is 5.10 Å². The number of H-pyrrole nitrogens is 1. The third-order valence-corrected chi connectivity index (χ3v) is 5.17. The van der Waals surface area contributed by atoms with Gasteiger partial charge in [0, 0.05) is 4.47 Å². The van der Waals surface area contributed by atoms with Crippen molar-refractivity contribution >= 4 is 39.8 Å². The number of hydrogen-bond acceptors (Lipinski definition) is 5. The van der Waals surface area contributed by atoms with Crippen LogP contribution in [0.15, 0.2) is 63.3 Å². The zero-order chi connectivity index (χ0) is 19.2. The second-order valence-corrected chi connectivity index (χ2v) is 7.43. The quantitative estimate of drug-likeness (QED) is 0.262. The van der Waals surface area contributed by atoms with Gasteiger partial charge < -0.3 is 5.11 Å². The fourth-order valence-corrected chi connectivity index (χ4v) is 3.22. The molecule has 3 aromatic rings. The van der Waals surface area contributed by atoms with E-state index in [1.54, 1.807) is 12.1 Å². The van der Waals surface area contributed by atoms with Gasteiger partial charge in [0.1, 0.15) is 0 Å². The Morgan fingerprint density at radius 2 is 2.00 bits per heavy atom. The third-order valence-electron chi connectivity index (χ3n) is 3.61. The number of benzene rings is 2. The third kappa shape index (κ3) is 5.18. The molecule has 1 aromatic heterocycles. The van der Waals surface area contributed by atoms with Crippen molar-refractivity contribution in [3.05, 3.63) is 58.6 Å². The van der Waals surface area contributed by atoms with Crippen molar-refractivity contribution in [2.75, 3.05) is 5.75 Å². The number of halogens is 1. The van der Waals surface area contributed by atoms with Gasteiger partial charge in [-0.1, -0.05) is 40.2 Å². The number of hydrogen-bond donors (Lipinski definition) is 2. The van der Waals surface area contributed by atoms with Crippen LogP contribution in [0.4, 0.5) is 0 Å². The fraction of sp³-hybridized carbons (Fsp3) is 0.111. The number of carbonyl (C=O) groups excluding carboxylic acids is 1. The Labute approximate surface area is 168 Å². The molecule has 0 aliphatic carbocycles. The van der Waals surface area contributed by atoms with Crippen molar-refractivity contribution in [1.82, 2.24) is 15.6 Å². The first kappa shape index (κ1) is 19.1. The molecule has 0 saturated heterocycles. The standard InChI is InChI=1S/C18H16BrN5O2S/c1-24-17(13-4-6-14(19)7-5-13)22-23-18(24)27-11-16(26)21-20-10-12-2-8-15(25)9-3-12/h2-10H,11H2,1H3,(H2,20,21,25,26). The highest BCUT2D eigenvalue weighted by atomic mass is 79.9. The first-order chi connectivity index (χ1) is 13.0. The SMILES string of the molecule is C[n+]1c(SCC(=O)N/N=C/c2ccc([O-])cc2)n[nH]c1-c1ccc(Br)cc1. The molecule has 2 aromatic carbocycles. The molecule has 0 spiro atoms. The van der Waals surface area contributed by atoms with Gasteiger partial charge in [0.25, 0.3) is 11.7 Å². The van der Waals surface area contributed by atoms with Crippen LogP contribution >= 0.6 is 27.7 Å². The lowest BCUT2D eigenvalue weighted by molar-refractivity contribution is -0.698. The highest BCUT2D eigenvalue weighted by Gasteiger charge is 2.19. The molecule has 1 amide bonds. The van der Waals surface area contributed by atoms with E-state index in [1.165, 1.54) is 30.1 Å². The second kappa shape index (κ2) is 8.83.